The Bertz CT molecular complexity index is 80.5. The van der Waals surface area contributed by atoms with Gasteiger partial charge in [-0.15, -0.1) is 0 Å². The molecule has 2 nitrogen and oxygen atoms in total. The van der Waals surface area contributed by atoms with E-state index in [0.717, 1.165) is 11.8 Å². The van der Waals surface area contributed by atoms with Crippen molar-refractivity contribution in [2.45, 2.75) is 19.4 Å². The lowest BCUT2D eigenvalue weighted by atomic mass is 10.3. The molecule has 0 aliphatic rings. The summed E-state index contributed by atoms with van der Waals surface area (Å²) in [7, 11) is 0. The van der Waals surface area contributed by atoms with Gasteiger partial charge in [0.05, 0.1) is 6.10 Å². The van der Waals surface area contributed by atoms with Crippen LogP contribution < -0.4 is 0 Å². The lowest BCUT2D eigenvalue weighted by Crippen LogP contribution is -2.04. The van der Waals surface area contributed by atoms with Crippen LogP contribution in [0.3, 0.4) is 0 Å². The number of hydrogen-bond acceptors (Lipinski definition) is 3. The number of carbonyl (C=O) groups excluding carboxylic acids is 1. The molecule has 0 aliphatic carbocycles. The van der Waals surface area contributed by atoms with Gasteiger partial charge in [0.25, 0.3) is 0 Å². The average Bonchev–Trinajstić information content (AvgIpc) is 1.65. The maximum Gasteiger partial charge on any atom is 0.191 e. The summed E-state index contributed by atoms with van der Waals surface area (Å²) in [4.78, 5) is 10.4. The Kier molecular flexibility index (Phi) is 3.91. The maximum absolute atomic E-state index is 10.4. The van der Waals surface area contributed by atoms with Gasteiger partial charge in [-0.3, -0.25) is 4.79 Å². The van der Waals surface area contributed by atoms with Crippen LogP contribution in [0, 0.1) is 0 Å². The van der Waals surface area contributed by atoms with Gasteiger partial charge in [0, 0.05) is 6.42 Å². The fourth-order valence-corrected chi connectivity index (χ4v) is 0.732. The first-order chi connectivity index (χ1) is 3.66. The molecule has 0 aromatic carbocycles. The lowest BCUT2D eigenvalue weighted by Gasteiger charge is -1.97. The van der Waals surface area contributed by atoms with Crippen molar-refractivity contribution >= 4 is 16.9 Å². The van der Waals surface area contributed by atoms with Crippen molar-refractivity contribution < 1.29 is 9.90 Å². The number of hydrogen-bond donors (Lipinski definition) is 1. The molecule has 3 heteroatoms. The minimum absolute atomic E-state index is 0.0417. The molecule has 0 spiro atoms. The highest BCUT2D eigenvalue weighted by atomic mass is 32.2. The van der Waals surface area contributed by atoms with Crippen molar-refractivity contribution in [3.05, 3.63) is 0 Å². The molecule has 8 heavy (non-hydrogen) atoms. The Balaban J connectivity index is 3.25. The van der Waals surface area contributed by atoms with Gasteiger partial charge in [-0.25, -0.2) is 0 Å². The summed E-state index contributed by atoms with van der Waals surface area (Å²) >= 11 is 1.15. The van der Waals surface area contributed by atoms with E-state index in [0.29, 0.717) is 0 Å². The van der Waals surface area contributed by atoms with Gasteiger partial charge in [-0.1, -0.05) is 11.8 Å². The Labute approximate surface area is 53.3 Å². The molecule has 0 unspecified atom stereocenters. The standard InChI is InChI=1S/C5H10O2S/c1-4(6)3-5(7)8-2/h4,6H,3H2,1-2H3/t4-/m0/s1. The second-order valence-electron chi connectivity index (χ2n) is 1.63. The van der Waals surface area contributed by atoms with Gasteiger partial charge in [-0.05, 0) is 13.2 Å². The summed E-state index contributed by atoms with van der Waals surface area (Å²) < 4.78 is 0. The van der Waals surface area contributed by atoms with Crippen LogP contribution in [0.5, 0.6) is 0 Å². The zero-order valence-corrected chi connectivity index (χ0v) is 5.86. The second kappa shape index (κ2) is 3.92. The van der Waals surface area contributed by atoms with E-state index in [1.807, 2.05) is 0 Å². The van der Waals surface area contributed by atoms with Crippen LogP contribution in [-0.2, 0) is 4.79 Å². The van der Waals surface area contributed by atoms with Crippen LogP contribution in [0.1, 0.15) is 13.3 Å². The highest BCUT2D eigenvalue weighted by Gasteiger charge is 2.02. The Hall–Kier alpha value is -0.0200. The molecule has 0 amide bonds. The molecule has 0 bridgehead atoms. The summed E-state index contributed by atoms with van der Waals surface area (Å²) in [5.41, 5.74) is 0. The third kappa shape index (κ3) is 4.15. The zero-order chi connectivity index (χ0) is 6.57. The van der Waals surface area contributed by atoms with Crippen LogP contribution >= 0.6 is 11.8 Å². The van der Waals surface area contributed by atoms with Crippen LogP contribution in [0.25, 0.3) is 0 Å². The zero-order valence-electron chi connectivity index (χ0n) is 5.05. The SMILES string of the molecule is CSC(=O)C[C@H](C)O. The molecule has 1 atom stereocenters. The molecule has 0 fully saturated rings. The minimum atomic E-state index is -0.491. The third-order valence-electron chi connectivity index (χ3n) is 0.690. The largest absolute Gasteiger partial charge is 0.393 e. The summed E-state index contributed by atoms with van der Waals surface area (Å²) in [6.45, 7) is 1.61. The predicted molar refractivity (Wildman–Crippen MR) is 34.8 cm³/mol. The van der Waals surface area contributed by atoms with Gasteiger partial charge in [-0.2, -0.15) is 0 Å². The molecule has 0 aromatic rings. The lowest BCUT2D eigenvalue weighted by molar-refractivity contribution is -0.112. The van der Waals surface area contributed by atoms with E-state index in [2.05, 4.69) is 0 Å². The van der Waals surface area contributed by atoms with Crippen LogP contribution in [0.15, 0.2) is 0 Å². The Morgan fingerprint density at radius 3 is 2.50 bits per heavy atom. The summed E-state index contributed by atoms with van der Waals surface area (Å²) in [5, 5.41) is 8.66. The maximum atomic E-state index is 10.4. The molecule has 0 aromatic heterocycles. The van der Waals surface area contributed by atoms with E-state index in [9.17, 15) is 4.79 Å². The number of aliphatic hydroxyl groups excluding tert-OH is 1. The van der Waals surface area contributed by atoms with E-state index in [-0.39, 0.29) is 11.5 Å². The van der Waals surface area contributed by atoms with Crippen molar-refractivity contribution in [2.24, 2.45) is 0 Å². The van der Waals surface area contributed by atoms with E-state index >= 15 is 0 Å². The van der Waals surface area contributed by atoms with E-state index < -0.39 is 6.10 Å². The van der Waals surface area contributed by atoms with E-state index in [1.54, 1.807) is 13.2 Å². The molecule has 0 saturated heterocycles. The van der Waals surface area contributed by atoms with Gasteiger partial charge in [0.15, 0.2) is 5.12 Å². The molecule has 1 N–H and O–H groups in total. The van der Waals surface area contributed by atoms with E-state index in [4.69, 9.17) is 5.11 Å². The van der Waals surface area contributed by atoms with Gasteiger partial charge in [0.1, 0.15) is 0 Å². The first-order valence-corrected chi connectivity index (χ1v) is 3.64. The fraction of sp³-hybridized carbons (Fsp3) is 0.800. The van der Waals surface area contributed by atoms with Gasteiger partial charge < -0.3 is 5.11 Å². The van der Waals surface area contributed by atoms with Crippen LogP contribution in [0.2, 0.25) is 0 Å². The molecule has 0 heterocycles. The molecule has 0 rings (SSSR count). The molecule has 48 valence electrons. The Morgan fingerprint density at radius 1 is 1.88 bits per heavy atom. The first-order valence-electron chi connectivity index (χ1n) is 2.41. The minimum Gasteiger partial charge on any atom is -0.393 e. The second-order valence-corrected chi connectivity index (χ2v) is 2.49. The number of carbonyl (C=O) groups is 1. The highest BCUT2D eigenvalue weighted by molar-refractivity contribution is 8.13. The molecule has 0 radical (unpaired) electrons. The molecular weight excluding hydrogens is 124 g/mol. The predicted octanol–water partition coefficient (Wildman–Crippen LogP) is 0.647. The monoisotopic (exact) mass is 134 g/mol. The number of thioether (sulfide) groups is 1. The quantitative estimate of drug-likeness (QED) is 0.602. The fourth-order valence-electron chi connectivity index (χ4n) is 0.325. The van der Waals surface area contributed by atoms with Crippen LogP contribution in [0.4, 0.5) is 0 Å². The normalized spacial score (nSPS) is 13.4. The van der Waals surface area contributed by atoms with Crippen molar-refractivity contribution in [3.63, 3.8) is 0 Å². The highest BCUT2D eigenvalue weighted by Crippen LogP contribution is 2.01. The molecule has 0 aliphatic heterocycles. The summed E-state index contributed by atoms with van der Waals surface area (Å²) in [6.07, 6.45) is 1.49. The van der Waals surface area contributed by atoms with E-state index in [1.165, 1.54) is 0 Å². The smallest absolute Gasteiger partial charge is 0.191 e. The first kappa shape index (κ1) is 7.98. The average molecular weight is 134 g/mol. The summed E-state index contributed by atoms with van der Waals surface area (Å²) in [5.74, 6) is 0. The summed E-state index contributed by atoms with van der Waals surface area (Å²) in [6, 6.07) is 0. The van der Waals surface area contributed by atoms with Crippen molar-refractivity contribution in [1.29, 1.82) is 0 Å². The van der Waals surface area contributed by atoms with Gasteiger partial charge in [0.2, 0.25) is 0 Å². The van der Waals surface area contributed by atoms with Crippen molar-refractivity contribution in [2.75, 3.05) is 6.26 Å². The number of rotatable bonds is 2. The number of aliphatic hydroxyl groups is 1. The Morgan fingerprint density at radius 2 is 2.38 bits per heavy atom. The van der Waals surface area contributed by atoms with Crippen LogP contribution in [-0.4, -0.2) is 22.6 Å². The molecular formula is C5H10O2S. The third-order valence-corrected chi connectivity index (χ3v) is 1.31. The topological polar surface area (TPSA) is 37.3 Å². The van der Waals surface area contributed by atoms with Crippen molar-refractivity contribution in [3.8, 4) is 0 Å². The molecule has 0 saturated carbocycles. The van der Waals surface area contributed by atoms with Crippen molar-refractivity contribution in [1.82, 2.24) is 0 Å². The van der Waals surface area contributed by atoms with Gasteiger partial charge >= 0.3 is 0 Å².